The van der Waals surface area contributed by atoms with E-state index in [2.05, 4.69) is 0 Å². The van der Waals surface area contributed by atoms with E-state index in [4.69, 9.17) is 10.5 Å². The highest BCUT2D eigenvalue weighted by atomic mass is 16.5. The van der Waals surface area contributed by atoms with Crippen molar-refractivity contribution in [3.8, 4) is 11.4 Å². The van der Waals surface area contributed by atoms with Gasteiger partial charge in [-0.3, -0.25) is 0 Å². The second kappa shape index (κ2) is 3.46. The van der Waals surface area contributed by atoms with Crippen molar-refractivity contribution in [3.05, 3.63) is 42.7 Å². The number of rotatable bonds is 2. The zero-order valence-electron chi connectivity index (χ0n) is 7.97. The first-order chi connectivity index (χ1) is 6.81. The molecule has 1 aromatic heterocycles. The van der Waals surface area contributed by atoms with E-state index in [0.717, 1.165) is 5.69 Å². The van der Waals surface area contributed by atoms with Crippen LogP contribution in [0.15, 0.2) is 42.7 Å². The summed E-state index contributed by atoms with van der Waals surface area (Å²) in [6.45, 7) is 0. The lowest BCUT2D eigenvalue weighted by Crippen LogP contribution is -1.95. The van der Waals surface area contributed by atoms with Crippen LogP contribution in [0.25, 0.3) is 5.69 Å². The maximum absolute atomic E-state index is 5.80. The second-order valence-electron chi connectivity index (χ2n) is 3.02. The fourth-order valence-electron chi connectivity index (χ4n) is 1.39. The molecule has 1 heterocycles. The van der Waals surface area contributed by atoms with Crippen LogP contribution in [0.5, 0.6) is 5.75 Å². The van der Waals surface area contributed by atoms with Gasteiger partial charge >= 0.3 is 0 Å². The molecule has 1 aromatic carbocycles. The molecule has 0 unspecified atom stereocenters. The van der Waals surface area contributed by atoms with E-state index in [0.29, 0.717) is 11.4 Å². The zero-order valence-corrected chi connectivity index (χ0v) is 7.97. The van der Waals surface area contributed by atoms with E-state index < -0.39 is 0 Å². The largest absolute Gasteiger partial charge is 0.495 e. The monoisotopic (exact) mass is 188 g/mol. The lowest BCUT2D eigenvalue weighted by Gasteiger charge is -2.07. The number of anilines is 1. The van der Waals surface area contributed by atoms with Gasteiger partial charge in [-0.05, 0) is 30.3 Å². The molecule has 0 aliphatic carbocycles. The van der Waals surface area contributed by atoms with Crippen molar-refractivity contribution in [2.75, 3.05) is 12.8 Å². The summed E-state index contributed by atoms with van der Waals surface area (Å²) < 4.78 is 7.08. The van der Waals surface area contributed by atoms with Crippen LogP contribution in [0, 0.1) is 0 Å². The van der Waals surface area contributed by atoms with Crippen molar-refractivity contribution in [2.45, 2.75) is 0 Å². The number of aromatic nitrogens is 1. The van der Waals surface area contributed by atoms with Gasteiger partial charge < -0.3 is 15.0 Å². The summed E-state index contributed by atoms with van der Waals surface area (Å²) >= 11 is 0. The van der Waals surface area contributed by atoms with Gasteiger partial charge in [-0.25, -0.2) is 0 Å². The van der Waals surface area contributed by atoms with Crippen LogP contribution < -0.4 is 10.5 Å². The Kier molecular flexibility index (Phi) is 2.14. The van der Waals surface area contributed by atoms with Crippen molar-refractivity contribution in [1.29, 1.82) is 0 Å². The molecule has 2 rings (SSSR count). The predicted octanol–water partition coefficient (Wildman–Crippen LogP) is 2.07. The van der Waals surface area contributed by atoms with Gasteiger partial charge in [0.2, 0.25) is 0 Å². The van der Waals surface area contributed by atoms with Gasteiger partial charge in [0.1, 0.15) is 5.75 Å². The summed E-state index contributed by atoms with van der Waals surface area (Å²) in [5.41, 5.74) is 7.49. The normalized spacial score (nSPS) is 10.1. The van der Waals surface area contributed by atoms with Gasteiger partial charge in [0.15, 0.2) is 0 Å². The molecule has 0 radical (unpaired) electrons. The standard InChI is InChI=1S/C11H12N2O/c1-14-11-5-4-9(8-10(11)12)13-6-2-3-7-13/h2-8H,12H2,1H3. The SMILES string of the molecule is COc1ccc(-n2cccc2)cc1N. The van der Waals surface area contributed by atoms with Gasteiger partial charge in [0, 0.05) is 18.1 Å². The smallest absolute Gasteiger partial charge is 0.141 e. The average molecular weight is 188 g/mol. The Morgan fingerprint density at radius 1 is 1.21 bits per heavy atom. The van der Waals surface area contributed by atoms with Gasteiger partial charge in [0.25, 0.3) is 0 Å². The second-order valence-corrected chi connectivity index (χ2v) is 3.02. The summed E-state index contributed by atoms with van der Waals surface area (Å²) in [5.74, 6) is 0.709. The molecule has 0 bridgehead atoms. The molecule has 0 aliphatic rings. The minimum atomic E-state index is 0.652. The highest BCUT2D eigenvalue weighted by Gasteiger charge is 2.00. The van der Waals surface area contributed by atoms with Crippen molar-refractivity contribution >= 4 is 5.69 Å². The van der Waals surface area contributed by atoms with E-state index in [9.17, 15) is 0 Å². The highest BCUT2D eigenvalue weighted by Crippen LogP contribution is 2.23. The lowest BCUT2D eigenvalue weighted by atomic mass is 10.2. The summed E-state index contributed by atoms with van der Waals surface area (Å²) in [4.78, 5) is 0. The number of nitrogens with zero attached hydrogens (tertiary/aromatic N) is 1. The quantitative estimate of drug-likeness (QED) is 0.733. The Hall–Kier alpha value is -1.90. The van der Waals surface area contributed by atoms with E-state index in [-0.39, 0.29) is 0 Å². The van der Waals surface area contributed by atoms with Crippen LogP contribution in [0.1, 0.15) is 0 Å². The molecule has 0 atom stereocenters. The number of ether oxygens (including phenoxy) is 1. The Bertz CT molecular complexity index is 421. The molecule has 72 valence electrons. The average Bonchev–Trinajstić information content (AvgIpc) is 2.70. The summed E-state index contributed by atoms with van der Waals surface area (Å²) in [6, 6.07) is 9.67. The van der Waals surface area contributed by atoms with Crippen molar-refractivity contribution in [2.24, 2.45) is 0 Å². The maximum Gasteiger partial charge on any atom is 0.141 e. The topological polar surface area (TPSA) is 40.2 Å². The minimum Gasteiger partial charge on any atom is -0.495 e. The molecule has 0 aliphatic heterocycles. The fourth-order valence-corrected chi connectivity index (χ4v) is 1.39. The molecule has 0 saturated carbocycles. The van der Waals surface area contributed by atoms with E-state index in [1.807, 2.05) is 47.3 Å². The van der Waals surface area contributed by atoms with Crippen LogP contribution in [-0.2, 0) is 0 Å². The Labute approximate surface area is 82.7 Å². The summed E-state index contributed by atoms with van der Waals surface area (Å²) in [6.07, 6.45) is 3.95. The highest BCUT2D eigenvalue weighted by molar-refractivity contribution is 5.58. The van der Waals surface area contributed by atoms with Crippen LogP contribution >= 0.6 is 0 Å². The molecular weight excluding hydrogens is 176 g/mol. The molecule has 0 saturated heterocycles. The molecule has 0 fully saturated rings. The third kappa shape index (κ3) is 1.44. The number of nitrogens with two attached hydrogens (primary N) is 1. The number of benzene rings is 1. The van der Waals surface area contributed by atoms with Crippen LogP contribution in [0.3, 0.4) is 0 Å². The van der Waals surface area contributed by atoms with Crippen molar-refractivity contribution in [3.63, 3.8) is 0 Å². The third-order valence-corrected chi connectivity index (χ3v) is 2.12. The molecule has 0 spiro atoms. The predicted molar refractivity (Wildman–Crippen MR) is 56.7 cm³/mol. The van der Waals surface area contributed by atoms with Crippen molar-refractivity contribution in [1.82, 2.24) is 4.57 Å². The maximum atomic E-state index is 5.80. The molecule has 2 aromatic rings. The first-order valence-electron chi connectivity index (χ1n) is 4.38. The van der Waals surface area contributed by atoms with Crippen LogP contribution in [0.4, 0.5) is 5.69 Å². The number of nitrogen functional groups attached to an aromatic ring is 1. The molecular formula is C11H12N2O. The first kappa shape index (κ1) is 8.69. The van der Waals surface area contributed by atoms with Crippen LogP contribution in [-0.4, -0.2) is 11.7 Å². The zero-order chi connectivity index (χ0) is 9.97. The van der Waals surface area contributed by atoms with E-state index >= 15 is 0 Å². The number of hydrogen-bond acceptors (Lipinski definition) is 2. The Morgan fingerprint density at radius 3 is 2.50 bits per heavy atom. The minimum absolute atomic E-state index is 0.652. The molecule has 3 heteroatoms. The first-order valence-corrected chi connectivity index (χ1v) is 4.38. The third-order valence-electron chi connectivity index (χ3n) is 2.12. The summed E-state index contributed by atoms with van der Waals surface area (Å²) in [7, 11) is 1.61. The van der Waals surface area contributed by atoms with Gasteiger partial charge in [0.05, 0.1) is 12.8 Å². The van der Waals surface area contributed by atoms with E-state index in [1.165, 1.54) is 0 Å². The van der Waals surface area contributed by atoms with E-state index in [1.54, 1.807) is 7.11 Å². The lowest BCUT2D eigenvalue weighted by molar-refractivity contribution is 0.417. The van der Waals surface area contributed by atoms with Gasteiger partial charge in [-0.15, -0.1) is 0 Å². The van der Waals surface area contributed by atoms with Crippen molar-refractivity contribution < 1.29 is 4.74 Å². The fraction of sp³-hybridized carbons (Fsp3) is 0.0909. The number of hydrogen-bond donors (Lipinski definition) is 1. The molecule has 14 heavy (non-hydrogen) atoms. The molecule has 2 N–H and O–H groups in total. The van der Waals surface area contributed by atoms with Gasteiger partial charge in [-0.2, -0.15) is 0 Å². The Balaban J connectivity index is 2.43. The molecule has 0 amide bonds. The summed E-state index contributed by atoms with van der Waals surface area (Å²) in [5, 5.41) is 0. The van der Waals surface area contributed by atoms with Gasteiger partial charge in [-0.1, -0.05) is 0 Å². The van der Waals surface area contributed by atoms with Crippen LogP contribution in [0.2, 0.25) is 0 Å². The molecule has 3 nitrogen and oxygen atoms in total. The Morgan fingerprint density at radius 2 is 1.93 bits per heavy atom. The number of methoxy groups -OCH3 is 1.